The molecule has 0 aliphatic rings. The number of benzene rings is 1. The molecule has 3 nitrogen and oxygen atoms in total. The van der Waals surface area contributed by atoms with Crippen molar-refractivity contribution in [2.24, 2.45) is 0 Å². The second-order valence-electron chi connectivity index (χ2n) is 3.81. The van der Waals surface area contributed by atoms with Gasteiger partial charge in [0.05, 0.1) is 21.9 Å². The first-order valence-corrected chi connectivity index (χ1v) is 6.04. The summed E-state index contributed by atoms with van der Waals surface area (Å²) in [7, 11) is 0. The number of aromatic nitrogens is 1. The van der Waals surface area contributed by atoms with Gasteiger partial charge >= 0.3 is 0 Å². The summed E-state index contributed by atoms with van der Waals surface area (Å²) in [5, 5.41) is 2.67. The van der Waals surface area contributed by atoms with Gasteiger partial charge in [0.2, 0.25) is 0 Å². The first kappa shape index (κ1) is 12.7. The van der Waals surface area contributed by atoms with E-state index in [-0.39, 0.29) is 15.9 Å². The average molecular weight is 309 g/mol. The number of anilines is 1. The van der Waals surface area contributed by atoms with Crippen molar-refractivity contribution < 1.29 is 9.18 Å². The van der Waals surface area contributed by atoms with Crippen LogP contribution in [0.1, 0.15) is 15.9 Å². The second-order valence-corrected chi connectivity index (χ2v) is 4.60. The van der Waals surface area contributed by atoms with Gasteiger partial charge in [-0.25, -0.2) is 4.39 Å². The van der Waals surface area contributed by atoms with E-state index < -0.39 is 5.82 Å². The van der Waals surface area contributed by atoms with Gasteiger partial charge in [0.15, 0.2) is 0 Å². The molecule has 0 atom stereocenters. The molecule has 18 heavy (non-hydrogen) atoms. The SMILES string of the molecule is Cc1cncc(NC(=O)c2cccc(F)c2Br)c1. The van der Waals surface area contributed by atoms with Crippen LogP contribution in [-0.2, 0) is 0 Å². The Morgan fingerprint density at radius 2 is 2.17 bits per heavy atom. The predicted octanol–water partition coefficient (Wildman–Crippen LogP) is 3.54. The summed E-state index contributed by atoms with van der Waals surface area (Å²) in [5.41, 5.74) is 1.76. The normalized spacial score (nSPS) is 10.2. The summed E-state index contributed by atoms with van der Waals surface area (Å²) in [6, 6.07) is 6.11. The molecule has 2 rings (SSSR count). The number of nitrogens with zero attached hydrogens (tertiary/aromatic N) is 1. The molecule has 0 unspecified atom stereocenters. The van der Waals surface area contributed by atoms with Gasteiger partial charge in [0.1, 0.15) is 5.82 Å². The fourth-order valence-corrected chi connectivity index (χ4v) is 1.95. The van der Waals surface area contributed by atoms with Crippen molar-refractivity contribution >= 4 is 27.5 Å². The van der Waals surface area contributed by atoms with Crippen molar-refractivity contribution in [1.29, 1.82) is 0 Å². The number of halogens is 2. The van der Waals surface area contributed by atoms with Gasteiger partial charge in [-0.15, -0.1) is 0 Å². The standard InChI is InChI=1S/C13H10BrFN2O/c1-8-5-9(7-16-6-8)17-13(18)10-3-2-4-11(15)12(10)14/h2-7H,1H3,(H,17,18). The molecule has 0 fully saturated rings. The minimum atomic E-state index is -0.468. The van der Waals surface area contributed by atoms with Crippen molar-refractivity contribution in [1.82, 2.24) is 4.98 Å². The lowest BCUT2D eigenvalue weighted by Gasteiger charge is -2.07. The van der Waals surface area contributed by atoms with Crippen LogP contribution in [0.4, 0.5) is 10.1 Å². The van der Waals surface area contributed by atoms with Crippen LogP contribution in [-0.4, -0.2) is 10.9 Å². The van der Waals surface area contributed by atoms with Crippen molar-refractivity contribution in [3.8, 4) is 0 Å². The van der Waals surface area contributed by atoms with Crippen LogP contribution in [0.5, 0.6) is 0 Å². The topological polar surface area (TPSA) is 42.0 Å². The van der Waals surface area contributed by atoms with Crippen LogP contribution in [0.3, 0.4) is 0 Å². The zero-order chi connectivity index (χ0) is 13.1. The van der Waals surface area contributed by atoms with Crippen LogP contribution in [0, 0.1) is 12.7 Å². The van der Waals surface area contributed by atoms with Crippen molar-refractivity contribution in [3.63, 3.8) is 0 Å². The first-order chi connectivity index (χ1) is 8.58. The van der Waals surface area contributed by atoms with Gasteiger partial charge in [0.25, 0.3) is 5.91 Å². The van der Waals surface area contributed by atoms with Gasteiger partial charge in [-0.2, -0.15) is 0 Å². The van der Waals surface area contributed by atoms with Crippen LogP contribution in [0.25, 0.3) is 0 Å². The first-order valence-electron chi connectivity index (χ1n) is 5.25. The number of rotatable bonds is 2. The lowest BCUT2D eigenvalue weighted by Crippen LogP contribution is -2.13. The van der Waals surface area contributed by atoms with Crippen molar-refractivity contribution in [2.75, 3.05) is 5.32 Å². The third-order valence-corrected chi connectivity index (χ3v) is 3.14. The van der Waals surface area contributed by atoms with E-state index in [1.165, 1.54) is 18.3 Å². The molecule has 0 radical (unpaired) electrons. The molecular weight excluding hydrogens is 299 g/mol. The smallest absolute Gasteiger partial charge is 0.256 e. The summed E-state index contributed by atoms with van der Waals surface area (Å²) in [6.07, 6.45) is 3.23. The predicted molar refractivity (Wildman–Crippen MR) is 71.0 cm³/mol. The Morgan fingerprint density at radius 3 is 2.89 bits per heavy atom. The van der Waals surface area contributed by atoms with Crippen LogP contribution < -0.4 is 5.32 Å². The summed E-state index contributed by atoms with van der Waals surface area (Å²) in [4.78, 5) is 15.9. The molecule has 0 bridgehead atoms. The maximum Gasteiger partial charge on any atom is 0.256 e. The molecule has 0 aliphatic heterocycles. The number of hydrogen-bond acceptors (Lipinski definition) is 2. The quantitative estimate of drug-likeness (QED) is 0.922. The van der Waals surface area contributed by atoms with E-state index in [1.54, 1.807) is 18.3 Å². The summed E-state index contributed by atoms with van der Waals surface area (Å²) < 4.78 is 13.5. The van der Waals surface area contributed by atoms with E-state index in [0.717, 1.165) is 5.56 Å². The highest BCUT2D eigenvalue weighted by molar-refractivity contribution is 9.10. The third kappa shape index (κ3) is 2.73. The highest BCUT2D eigenvalue weighted by Crippen LogP contribution is 2.21. The molecule has 0 saturated heterocycles. The maximum absolute atomic E-state index is 13.3. The van der Waals surface area contributed by atoms with E-state index in [4.69, 9.17) is 0 Å². The van der Waals surface area contributed by atoms with E-state index in [0.29, 0.717) is 5.69 Å². The molecule has 1 N–H and O–H groups in total. The summed E-state index contributed by atoms with van der Waals surface area (Å²) in [6.45, 7) is 1.88. The monoisotopic (exact) mass is 308 g/mol. The Kier molecular flexibility index (Phi) is 3.72. The molecule has 2 aromatic rings. The summed E-state index contributed by atoms with van der Waals surface area (Å²) >= 11 is 3.06. The Labute approximate surface area is 112 Å². The zero-order valence-corrected chi connectivity index (χ0v) is 11.2. The van der Waals surface area contributed by atoms with Crippen molar-refractivity contribution in [2.45, 2.75) is 6.92 Å². The second kappa shape index (κ2) is 5.27. The molecule has 1 aromatic heterocycles. The maximum atomic E-state index is 13.3. The molecule has 1 aromatic carbocycles. The van der Waals surface area contributed by atoms with Gasteiger partial charge < -0.3 is 5.32 Å². The van der Waals surface area contributed by atoms with Crippen LogP contribution in [0.15, 0.2) is 41.1 Å². The van der Waals surface area contributed by atoms with E-state index >= 15 is 0 Å². The highest BCUT2D eigenvalue weighted by atomic mass is 79.9. The number of pyridine rings is 1. The molecule has 1 heterocycles. The molecule has 0 spiro atoms. The largest absolute Gasteiger partial charge is 0.321 e. The van der Waals surface area contributed by atoms with E-state index in [1.807, 2.05) is 6.92 Å². The van der Waals surface area contributed by atoms with Gasteiger partial charge in [-0.05, 0) is 46.6 Å². The average Bonchev–Trinajstić information content (AvgIpc) is 2.32. The number of aryl methyl sites for hydroxylation is 1. The van der Waals surface area contributed by atoms with E-state index in [2.05, 4.69) is 26.2 Å². The lowest BCUT2D eigenvalue weighted by atomic mass is 10.2. The van der Waals surface area contributed by atoms with Crippen LogP contribution >= 0.6 is 15.9 Å². The van der Waals surface area contributed by atoms with Gasteiger partial charge in [-0.3, -0.25) is 9.78 Å². The fraction of sp³-hybridized carbons (Fsp3) is 0.0769. The van der Waals surface area contributed by atoms with Gasteiger partial charge in [0, 0.05) is 6.20 Å². The third-order valence-electron chi connectivity index (χ3n) is 2.33. The van der Waals surface area contributed by atoms with E-state index in [9.17, 15) is 9.18 Å². The molecule has 92 valence electrons. The Hall–Kier alpha value is -1.75. The molecule has 1 amide bonds. The molecule has 0 aliphatic carbocycles. The van der Waals surface area contributed by atoms with Crippen LogP contribution in [0.2, 0.25) is 0 Å². The summed E-state index contributed by atoms with van der Waals surface area (Å²) in [5.74, 6) is -0.848. The lowest BCUT2D eigenvalue weighted by molar-refractivity contribution is 0.102. The number of hydrogen-bond donors (Lipinski definition) is 1. The Morgan fingerprint density at radius 1 is 1.39 bits per heavy atom. The number of nitrogens with one attached hydrogen (secondary N) is 1. The minimum absolute atomic E-state index is 0.156. The Balaban J connectivity index is 2.25. The fourth-order valence-electron chi connectivity index (χ4n) is 1.50. The van der Waals surface area contributed by atoms with Crippen molar-refractivity contribution in [3.05, 3.63) is 58.1 Å². The number of amides is 1. The molecular formula is C13H10BrFN2O. The zero-order valence-electron chi connectivity index (χ0n) is 9.58. The molecule has 5 heteroatoms. The van der Waals surface area contributed by atoms with Gasteiger partial charge in [-0.1, -0.05) is 6.07 Å². The number of carbonyl (C=O) groups is 1. The minimum Gasteiger partial charge on any atom is -0.321 e. The Bertz CT molecular complexity index is 601. The highest BCUT2D eigenvalue weighted by Gasteiger charge is 2.13. The molecule has 0 saturated carbocycles. The number of carbonyl (C=O) groups excluding carboxylic acids is 1.